The monoisotopic (exact) mass is 363 g/mol. The van der Waals surface area contributed by atoms with Crippen molar-refractivity contribution in [3.63, 3.8) is 0 Å². The number of hydrogen-bond donors (Lipinski definition) is 1. The van der Waals surface area contributed by atoms with E-state index < -0.39 is 5.41 Å². The average Bonchev–Trinajstić information content (AvgIpc) is 3.32. The Morgan fingerprint density at radius 3 is 3.27 bits per heavy atom. The first-order chi connectivity index (χ1) is 12.7. The predicted molar refractivity (Wildman–Crippen MR) is 96.6 cm³/mol. The van der Waals surface area contributed by atoms with Crippen molar-refractivity contribution in [2.24, 2.45) is 11.3 Å². The van der Waals surface area contributed by atoms with Crippen LogP contribution < -0.4 is 5.32 Å². The van der Waals surface area contributed by atoms with E-state index in [4.69, 9.17) is 9.47 Å². The Morgan fingerprint density at radius 1 is 1.58 bits per heavy atom. The number of rotatable bonds is 9. The van der Waals surface area contributed by atoms with Crippen molar-refractivity contribution < 1.29 is 14.3 Å². The van der Waals surface area contributed by atoms with Gasteiger partial charge in [-0.3, -0.25) is 9.69 Å². The van der Waals surface area contributed by atoms with Crippen LogP contribution in [0.3, 0.4) is 0 Å². The maximum atomic E-state index is 13.0. The van der Waals surface area contributed by atoms with Crippen LogP contribution in [0.25, 0.3) is 0 Å². The number of ether oxygens (including phenoxy) is 2. The van der Waals surface area contributed by atoms with E-state index in [0.29, 0.717) is 39.3 Å². The highest BCUT2D eigenvalue weighted by Crippen LogP contribution is 2.41. The Bertz CT molecular complexity index is 632. The fourth-order valence-corrected chi connectivity index (χ4v) is 3.87. The van der Waals surface area contributed by atoms with Crippen LogP contribution in [-0.4, -0.2) is 78.7 Å². The molecule has 2 aliphatic heterocycles. The zero-order chi connectivity index (χ0) is 18.4. The van der Waals surface area contributed by atoms with Crippen molar-refractivity contribution in [3.8, 4) is 0 Å². The van der Waals surface area contributed by atoms with E-state index in [2.05, 4.69) is 32.6 Å². The quantitative estimate of drug-likeness (QED) is 0.627. The normalized spacial score (nSPS) is 25.8. The molecule has 1 aromatic rings. The molecule has 26 heavy (non-hydrogen) atoms. The lowest BCUT2D eigenvalue weighted by Crippen LogP contribution is -2.47. The number of methoxy groups -OCH3 is 1. The number of nitrogens with zero attached hydrogens (tertiary/aromatic N) is 4. The lowest BCUT2D eigenvalue weighted by atomic mass is 9.80. The van der Waals surface area contributed by atoms with E-state index in [1.165, 1.54) is 0 Å². The molecule has 1 N–H and O–H groups in total. The molecule has 8 nitrogen and oxygen atoms in total. The van der Waals surface area contributed by atoms with Gasteiger partial charge >= 0.3 is 0 Å². The van der Waals surface area contributed by atoms with Gasteiger partial charge in [-0.15, -0.1) is 10.2 Å². The molecule has 1 amide bonds. The van der Waals surface area contributed by atoms with Crippen LogP contribution in [0.1, 0.15) is 12.7 Å². The Kier molecular flexibility index (Phi) is 6.39. The summed E-state index contributed by atoms with van der Waals surface area (Å²) in [4.78, 5) is 15.3. The Labute approximate surface area is 154 Å². The molecule has 8 heteroatoms. The van der Waals surface area contributed by atoms with E-state index in [-0.39, 0.29) is 11.8 Å². The summed E-state index contributed by atoms with van der Waals surface area (Å²) in [5, 5.41) is 11.2. The number of carbonyl (C=O) groups excluding carboxylic acids is 1. The first kappa shape index (κ1) is 19.0. The van der Waals surface area contributed by atoms with Gasteiger partial charge in [0, 0.05) is 52.2 Å². The van der Waals surface area contributed by atoms with Crippen molar-refractivity contribution >= 4 is 5.91 Å². The second-order valence-corrected chi connectivity index (χ2v) is 7.07. The molecule has 0 aromatic carbocycles. The lowest BCUT2D eigenvalue weighted by Gasteiger charge is -2.26. The third-order valence-electron chi connectivity index (χ3n) is 5.36. The molecule has 144 valence electrons. The third-order valence-corrected chi connectivity index (χ3v) is 5.36. The molecule has 0 unspecified atom stereocenters. The molecule has 0 aliphatic carbocycles. The number of nitrogens with one attached hydrogen (secondary N) is 1. The molecular weight excluding hydrogens is 334 g/mol. The first-order valence-electron chi connectivity index (χ1n) is 9.25. The highest BCUT2D eigenvalue weighted by molar-refractivity contribution is 5.84. The van der Waals surface area contributed by atoms with Crippen molar-refractivity contribution in [1.29, 1.82) is 0 Å². The molecule has 0 saturated carbocycles. The number of allylic oxidation sites excluding steroid dienone is 1. The van der Waals surface area contributed by atoms with E-state index in [1.807, 2.05) is 11.5 Å². The van der Waals surface area contributed by atoms with E-state index >= 15 is 0 Å². The Balaban J connectivity index is 1.53. The van der Waals surface area contributed by atoms with E-state index in [0.717, 1.165) is 25.5 Å². The smallest absolute Gasteiger partial charge is 0.230 e. The molecule has 3 rings (SSSR count). The van der Waals surface area contributed by atoms with Gasteiger partial charge in [0.15, 0.2) is 0 Å². The number of amides is 1. The van der Waals surface area contributed by atoms with Gasteiger partial charge in [0.05, 0.1) is 25.2 Å². The van der Waals surface area contributed by atoms with Gasteiger partial charge in [-0.1, -0.05) is 12.2 Å². The summed E-state index contributed by atoms with van der Waals surface area (Å²) in [7, 11) is 1.67. The summed E-state index contributed by atoms with van der Waals surface area (Å²) in [5.41, 5.74) is -0.411. The molecule has 2 atom stereocenters. The standard InChI is InChI=1S/C18H29N5O3/c1-3-4-7-22-10-15-11-26-13-18(15,12-22)17(24)19-6-5-16-21-20-14-23(16)8-9-25-2/h3-4,14-15H,5-13H2,1-2H3,(H,19,24)/b4-3+/t15-,18-/m1/s1. The minimum atomic E-state index is -0.411. The van der Waals surface area contributed by atoms with Gasteiger partial charge in [-0.25, -0.2) is 0 Å². The Morgan fingerprint density at radius 2 is 2.46 bits per heavy atom. The maximum Gasteiger partial charge on any atom is 0.230 e. The summed E-state index contributed by atoms with van der Waals surface area (Å²) in [6.07, 6.45) is 6.54. The molecule has 2 saturated heterocycles. The van der Waals surface area contributed by atoms with Crippen LogP contribution in [0.5, 0.6) is 0 Å². The van der Waals surface area contributed by atoms with Crippen LogP contribution in [0.4, 0.5) is 0 Å². The maximum absolute atomic E-state index is 13.0. The minimum Gasteiger partial charge on any atom is -0.383 e. The van der Waals surface area contributed by atoms with Crippen molar-refractivity contribution in [1.82, 2.24) is 25.0 Å². The van der Waals surface area contributed by atoms with Crippen LogP contribution in [-0.2, 0) is 27.2 Å². The topological polar surface area (TPSA) is 81.5 Å². The SMILES string of the molecule is C/C=C/CN1C[C@@H]2COC[C@]2(C(=O)NCCc2nncn2CCOC)C1. The number of hydrogen-bond acceptors (Lipinski definition) is 6. The van der Waals surface area contributed by atoms with Gasteiger partial charge in [0.2, 0.25) is 5.91 Å². The van der Waals surface area contributed by atoms with Crippen LogP contribution >= 0.6 is 0 Å². The van der Waals surface area contributed by atoms with Crippen LogP contribution in [0.2, 0.25) is 0 Å². The van der Waals surface area contributed by atoms with Gasteiger partial charge in [-0.05, 0) is 6.92 Å². The van der Waals surface area contributed by atoms with Crippen molar-refractivity contribution in [2.45, 2.75) is 19.9 Å². The fraction of sp³-hybridized carbons (Fsp3) is 0.722. The van der Waals surface area contributed by atoms with Gasteiger partial charge in [-0.2, -0.15) is 0 Å². The summed E-state index contributed by atoms with van der Waals surface area (Å²) in [6, 6.07) is 0. The second-order valence-electron chi connectivity index (χ2n) is 7.07. The molecule has 1 aromatic heterocycles. The van der Waals surface area contributed by atoms with E-state index in [9.17, 15) is 4.79 Å². The van der Waals surface area contributed by atoms with Gasteiger partial charge in [0.25, 0.3) is 0 Å². The lowest BCUT2D eigenvalue weighted by molar-refractivity contribution is -0.131. The third kappa shape index (κ3) is 3.97. The molecule has 2 aliphatic rings. The highest BCUT2D eigenvalue weighted by atomic mass is 16.5. The van der Waals surface area contributed by atoms with Gasteiger partial charge < -0.3 is 19.4 Å². The summed E-state index contributed by atoms with van der Waals surface area (Å²) < 4.78 is 12.7. The van der Waals surface area contributed by atoms with Crippen LogP contribution in [0, 0.1) is 11.3 Å². The Hall–Kier alpha value is -1.77. The number of likely N-dealkylation sites (tertiary alicyclic amines) is 1. The molecular formula is C18H29N5O3. The zero-order valence-electron chi connectivity index (χ0n) is 15.7. The number of fused-ring (bicyclic) bond motifs is 1. The molecule has 0 radical (unpaired) electrons. The van der Waals surface area contributed by atoms with Crippen molar-refractivity contribution in [3.05, 3.63) is 24.3 Å². The molecule has 2 fully saturated rings. The highest BCUT2D eigenvalue weighted by Gasteiger charge is 2.55. The number of aromatic nitrogens is 3. The minimum absolute atomic E-state index is 0.103. The first-order valence-corrected chi connectivity index (χ1v) is 9.25. The predicted octanol–water partition coefficient (Wildman–Crippen LogP) is 0.108. The molecule has 0 spiro atoms. The molecule has 3 heterocycles. The number of carbonyl (C=O) groups is 1. The summed E-state index contributed by atoms with van der Waals surface area (Å²) >= 11 is 0. The van der Waals surface area contributed by atoms with Crippen molar-refractivity contribution in [2.75, 3.05) is 53.1 Å². The zero-order valence-corrected chi connectivity index (χ0v) is 15.7. The average molecular weight is 363 g/mol. The van der Waals surface area contributed by atoms with Gasteiger partial charge in [0.1, 0.15) is 12.2 Å². The van der Waals surface area contributed by atoms with E-state index in [1.54, 1.807) is 13.4 Å². The fourth-order valence-electron chi connectivity index (χ4n) is 3.87. The molecule has 0 bridgehead atoms. The summed E-state index contributed by atoms with van der Waals surface area (Å²) in [6.45, 7) is 7.66. The summed E-state index contributed by atoms with van der Waals surface area (Å²) in [5.74, 6) is 1.24. The van der Waals surface area contributed by atoms with Crippen LogP contribution in [0.15, 0.2) is 18.5 Å². The largest absolute Gasteiger partial charge is 0.383 e. The second kappa shape index (κ2) is 8.75.